The van der Waals surface area contributed by atoms with Crippen LogP contribution in [-0.2, 0) is 4.79 Å². The number of piperidine rings is 1. The first-order chi connectivity index (χ1) is 10.00. The van der Waals surface area contributed by atoms with Crippen molar-refractivity contribution in [3.8, 4) is 0 Å². The summed E-state index contributed by atoms with van der Waals surface area (Å²) in [6.45, 7) is 7.89. The number of nitrogens with one attached hydrogen (secondary N) is 1. The molecule has 1 saturated carbocycles. The Labute approximate surface area is 129 Å². The molecule has 0 aromatic rings. The minimum absolute atomic E-state index is 0.146. The molecule has 2 saturated heterocycles. The maximum absolute atomic E-state index is 12.7. The lowest BCUT2D eigenvalue weighted by molar-refractivity contribution is -0.131. The van der Waals surface area contributed by atoms with Crippen LogP contribution in [0.4, 0.5) is 0 Å². The molecule has 1 N–H and O–H groups in total. The monoisotopic (exact) mass is 293 g/mol. The zero-order valence-electron chi connectivity index (χ0n) is 13.9. The van der Waals surface area contributed by atoms with Gasteiger partial charge in [0.25, 0.3) is 0 Å². The van der Waals surface area contributed by atoms with E-state index in [2.05, 4.69) is 36.0 Å². The van der Waals surface area contributed by atoms with Crippen LogP contribution in [0.2, 0.25) is 0 Å². The third kappa shape index (κ3) is 3.26. The average Bonchev–Trinajstić information content (AvgIpc) is 3.16. The molecule has 4 heteroatoms. The van der Waals surface area contributed by atoms with Crippen molar-refractivity contribution in [3.05, 3.63) is 0 Å². The number of rotatable bonds is 5. The van der Waals surface area contributed by atoms with Crippen molar-refractivity contribution in [2.75, 3.05) is 26.7 Å². The van der Waals surface area contributed by atoms with Crippen molar-refractivity contribution in [2.24, 2.45) is 11.8 Å². The van der Waals surface area contributed by atoms with E-state index in [1.807, 2.05) is 0 Å². The van der Waals surface area contributed by atoms with E-state index in [0.29, 0.717) is 11.8 Å². The van der Waals surface area contributed by atoms with Crippen LogP contribution in [0.25, 0.3) is 0 Å². The molecule has 2 aliphatic heterocycles. The van der Waals surface area contributed by atoms with Crippen LogP contribution in [-0.4, -0.2) is 54.1 Å². The number of hydrogen-bond donors (Lipinski definition) is 1. The fourth-order valence-corrected chi connectivity index (χ4v) is 3.92. The molecule has 3 fully saturated rings. The minimum atomic E-state index is -0.146. The van der Waals surface area contributed by atoms with Crippen LogP contribution in [0.15, 0.2) is 0 Å². The molecule has 120 valence electrons. The number of hydrogen-bond acceptors (Lipinski definition) is 3. The second-order valence-electron chi connectivity index (χ2n) is 7.91. The highest BCUT2D eigenvalue weighted by atomic mass is 16.2. The van der Waals surface area contributed by atoms with E-state index >= 15 is 0 Å². The molecule has 1 unspecified atom stereocenters. The van der Waals surface area contributed by atoms with Crippen LogP contribution in [0.5, 0.6) is 0 Å². The number of nitrogens with zero attached hydrogens (tertiary/aromatic N) is 2. The van der Waals surface area contributed by atoms with Crippen molar-refractivity contribution in [3.63, 3.8) is 0 Å². The molecule has 0 aromatic carbocycles. The Morgan fingerprint density at radius 2 is 1.95 bits per heavy atom. The van der Waals surface area contributed by atoms with Gasteiger partial charge in [-0.2, -0.15) is 0 Å². The van der Waals surface area contributed by atoms with Crippen molar-refractivity contribution >= 4 is 5.91 Å². The Balaban J connectivity index is 1.55. The standard InChI is InChI=1S/C17H31N3O/c1-13(2)12-15-18-17(7-8-17)16(21)20(15)11-6-14-4-9-19(3)10-5-14/h13-15,18H,4-12H2,1-3H3. The Bertz CT molecular complexity index is 383. The Morgan fingerprint density at radius 1 is 1.29 bits per heavy atom. The molecule has 4 nitrogen and oxygen atoms in total. The second-order valence-corrected chi connectivity index (χ2v) is 7.91. The summed E-state index contributed by atoms with van der Waals surface area (Å²) < 4.78 is 0. The van der Waals surface area contributed by atoms with Gasteiger partial charge in [-0.1, -0.05) is 13.8 Å². The molecule has 0 radical (unpaired) electrons. The molecule has 21 heavy (non-hydrogen) atoms. The predicted octanol–water partition coefficient (Wildman–Crippen LogP) is 2.05. The van der Waals surface area contributed by atoms with E-state index < -0.39 is 0 Å². The highest BCUT2D eigenvalue weighted by Crippen LogP contribution is 2.43. The fraction of sp³-hybridized carbons (Fsp3) is 0.941. The third-order valence-electron chi connectivity index (χ3n) is 5.55. The SMILES string of the molecule is CC(C)CC1NC2(CC2)C(=O)N1CCC1CCN(C)CC1. The molecule has 1 amide bonds. The summed E-state index contributed by atoms with van der Waals surface area (Å²) in [5.41, 5.74) is -0.146. The lowest BCUT2D eigenvalue weighted by Gasteiger charge is -2.31. The molecule has 1 spiro atoms. The van der Waals surface area contributed by atoms with E-state index in [1.54, 1.807) is 0 Å². The van der Waals surface area contributed by atoms with Crippen LogP contribution >= 0.6 is 0 Å². The second kappa shape index (κ2) is 5.88. The number of carbonyl (C=O) groups is 1. The molecule has 1 atom stereocenters. The minimum Gasteiger partial charge on any atom is -0.326 e. The van der Waals surface area contributed by atoms with Gasteiger partial charge in [0.15, 0.2) is 0 Å². The van der Waals surface area contributed by atoms with Crippen molar-refractivity contribution in [1.29, 1.82) is 0 Å². The van der Waals surface area contributed by atoms with E-state index in [9.17, 15) is 4.79 Å². The zero-order chi connectivity index (χ0) is 15.0. The lowest BCUT2D eigenvalue weighted by Crippen LogP contribution is -2.40. The summed E-state index contributed by atoms with van der Waals surface area (Å²) in [7, 11) is 2.21. The maximum atomic E-state index is 12.7. The number of likely N-dealkylation sites (tertiary alicyclic amines) is 1. The predicted molar refractivity (Wildman–Crippen MR) is 84.9 cm³/mol. The Kier molecular flexibility index (Phi) is 4.28. The molecule has 1 aliphatic carbocycles. The molecule has 3 aliphatic rings. The van der Waals surface area contributed by atoms with Gasteiger partial charge in [-0.25, -0.2) is 0 Å². The largest absolute Gasteiger partial charge is 0.326 e. The lowest BCUT2D eigenvalue weighted by atomic mass is 9.93. The maximum Gasteiger partial charge on any atom is 0.244 e. The number of amides is 1. The van der Waals surface area contributed by atoms with Crippen molar-refractivity contribution < 1.29 is 4.79 Å². The van der Waals surface area contributed by atoms with Gasteiger partial charge in [-0.15, -0.1) is 0 Å². The highest BCUT2D eigenvalue weighted by molar-refractivity contribution is 5.91. The Morgan fingerprint density at radius 3 is 2.52 bits per heavy atom. The normalized spacial score (nSPS) is 29.8. The van der Waals surface area contributed by atoms with Crippen LogP contribution in [0, 0.1) is 11.8 Å². The smallest absolute Gasteiger partial charge is 0.244 e. The topological polar surface area (TPSA) is 35.6 Å². The van der Waals surface area contributed by atoms with E-state index in [1.165, 1.54) is 32.4 Å². The summed E-state index contributed by atoms with van der Waals surface area (Å²) in [4.78, 5) is 17.2. The molecule has 3 rings (SSSR count). The van der Waals surface area contributed by atoms with Crippen LogP contribution < -0.4 is 5.32 Å². The first-order valence-electron chi connectivity index (χ1n) is 8.77. The van der Waals surface area contributed by atoms with Crippen molar-refractivity contribution in [2.45, 2.75) is 64.1 Å². The zero-order valence-corrected chi connectivity index (χ0v) is 13.9. The summed E-state index contributed by atoms with van der Waals surface area (Å²) in [6, 6.07) is 0. The van der Waals surface area contributed by atoms with Gasteiger partial charge in [0, 0.05) is 6.54 Å². The molecule has 0 bridgehead atoms. The molecule has 0 aromatic heterocycles. The summed E-state index contributed by atoms with van der Waals surface area (Å²) in [5.74, 6) is 1.83. The van der Waals surface area contributed by atoms with Crippen LogP contribution in [0.3, 0.4) is 0 Å². The van der Waals surface area contributed by atoms with Gasteiger partial charge in [-0.05, 0) is 70.5 Å². The molecular formula is C17H31N3O. The molecular weight excluding hydrogens is 262 g/mol. The highest BCUT2D eigenvalue weighted by Gasteiger charge is 2.58. The van der Waals surface area contributed by atoms with Gasteiger partial charge in [0.2, 0.25) is 5.91 Å². The summed E-state index contributed by atoms with van der Waals surface area (Å²) >= 11 is 0. The van der Waals surface area contributed by atoms with E-state index in [0.717, 1.165) is 31.7 Å². The third-order valence-corrected chi connectivity index (χ3v) is 5.55. The summed E-state index contributed by atoms with van der Waals surface area (Å²) in [6.07, 6.45) is 7.24. The summed E-state index contributed by atoms with van der Waals surface area (Å²) in [5, 5.41) is 3.64. The van der Waals surface area contributed by atoms with Gasteiger partial charge >= 0.3 is 0 Å². The fourth-order valence-electron chi connectivity index (χ4n) is 3.92. The number of carbonyl (C=O) groups excluding carboxylic acids is 1. The van der Waals surface area contributed by atoms with Gasteiger partial charge < -0.3 is 9.80 Å². The van der Waals surface area contributed by atoms with Gasteiger partial charge in [0.05, 0.1) is 11.7 Å². The average molecular weight is 293 g/mol. The Hall–Kier alpha value is -0.610. The molecule has 2 heterocycles. The van der Waals surface area contributed by atoms with Crippen molar-refractivity contribution in [1.82, 2.24) is 15.1 Å². The first-order valence-corrected chi connectivity index (χ1v) is 8.77. The van der Waals surface area contributed by atoms with E-state index in [-0.39, 0.29) is 11.7 Å². The van der Waals surface area contributed by atoms with Gasteiger partial charge in [0.1, 0.15) is 0 Å². The first kappa shape index (κ1) is 15.3. The van der Waals surface area contributed by atoms with E-state index in [4.69, 9.17) is 0 Å². The van der Waals surface area contributed by atoms with Crippen LogP contribution in [0.1, 0.15) is 52.4 Å². The van der Waals surface area contributed by atoms with Gasteiger partial charge in [-0.3, -0.25) is 10.1 Å². The quantitative estimate of drug-likeness (QED) is 0.843.